The van der Waals surface area contributed by atoms with Crippen LogP contribution in [0.25, 0.3) is 0 Å². The summed E-state index contributed by atoms with van der Waals surface area (Å²) in [5, 5.41) is 8.75. The van der Waals surface area contributed by atoms with Crippen molar-refractivity contribution in [2.24, 2.45) is 0 Å². The summed E-state index contributed by atoms with van der Waals surface area (Å²) in [4.78, 5) is 0. The quantitative estimate of drug-likeness (QED) is 0.793. The predicted octanol–water partition coefficient (Wildman–Crippen LogP) is 1.03. The monoisotopic (exact) mass is 258 g/mol. The summed E-state index contributed by atoms with van der Waals surface area (Å²) in [6, 6.07) is 7.28. The zero-order valence-corrected chi connectivity index (χ0v) is 10.7. The van der Waals surface area contributed by atoms with Crippen molar-refractivity contribution in [3.8, 4) is 5.75 Å². The van der Waals surface area contributed by atoms with Crippen LogP contribution in [-0.2, 0) is 16.3 Å². The van der Waals surface area contributed by atoms with Crippen LogP contribution in [0.5, 0.6) is 5.75 Å². The van der Waals surface area contributed by atoms with Gasteiger partial charge in [0.1, 0.15) is 12.4 Å². The number of aliphatic hydroxyl groups excluding tert-OH is 1. The molecule has 1 aromatic carbocycles. The van der Waals surface area contributed by atoms with E-state index in [1.165, 1.54) is 0 Å². The molecule has 0 radical (unpaired) electrons. The van der Waals surface area contributed by atoms with E-state index in [0.29, 0.717) is 12.2 Å². The maximum atomic E-state index is 11.2. The summed E-state index contributed by atoms with van der Waals surface area (Å²) in [5.74, 6) is 0.839. The first-order chi connectivity index (χ1) is 8.07. The van der Waals surface area contributed by atoms with Crippen molar-refractivity contribution in [1.29, 1.82) is 0 Å². The molecule has 0 fully saturated rings. The lowest BCUT2D eigenvalue weighted by atomic mass is 10.1. The molecule has 0 spiro atoms. The zero-order chi connectivity index (χ0) is 12.7. The fraction of sp³-hybridized carbons (Fsp3) is 0.500. The van der Waals surface area contributed by atoms with Crippen LogP contribution in [0.15, 0.2) is 24.3 Å². The number of sulfone groups is 1. The zero-order valence-electron chi connectivity index (χ0n) is 9.93. The van der Waals surface area contributed by atoms with E-state index >= 15 is 0 Å². The summed E-state index contributed by atoms with van der Waals surface area (Å²) in [6.45, 7) is 1.92. The van der Waals surface area contributed by atoms with Crippen LogP contribution in [-0.4, -0.2) is 38.2 Å². The standard InChI is InChI=1S/C12H18O4S/c1-2-17(14,15)10-9-16-12-5-3-11(4-6-12)7-8-13/h3-6,13H,2,7-10H2,1H3. The van der Waals surface area contributed by atoms with Gasteiger partial charge in [-0.2, -0.15) is 0 Å². The van der Waals surface area contributed by atoms with Crippen LogP contribution < -0.4 is 4.74 Å². The van der Waals surface area contributed by atoms with Gasteiger partial charge in [0.05, 0.1) is 5.75 Å². The lowest BCUT2D eigenvalue weighted by Gasteiger charge is -2.06. The highest BCUT2D eigenvalue weighted by atomic mass is 32.2. The number of benzene rings is 1. The Labute approximate surface area is 102 Å². The van der Waals surface area contributed by atoms with Gasteiger partial charge >= 0.3 is 0 Å². The fourth-order valence-corrected chi connectivity index (χ4v) is 1.94. The molecule has 0 aliphatic heterocycles. The number of hydrogen-bond acceptors (Lipinski definition) is 4. The Bertz CT molecular complexity index is 422. The second-order valence-electron chi connectivity index (χ2n) is 3.70. The lowest BCUT2D eigenvalue weighted by molar-refractivity contribution is 0.299. The molecule has 17 heavy (non-hydrogen) atoms. The van der Waals surface area contributed by atoms with Crippen molar-refractivity contribution in [3.05, 3.63) is 29.8 Å². The Morgan fingerprint density at radius 1 is 1.24 bits per heavy atom. The Morgan fingerprint density at radius 3 is 2.41 bits per heavy atom. The van der Waals surface area contributed by atoms with Crippen molar-refractivity contribution in [2.45, 2.75) is 13.3 Å². The van der Waals surface area contributed by atoms with E-state index in [0.717, 1.165) is 5.56 Å². The Hall–Kier alpha value is -1.07. The van der Waals surface area contributed by atoms with Crippen molar-refractivity contribution in [1.82, 2.24) is 0 Å². The average molecular weight is 258 g/mol. The Balaban J connectivity index is 2.42. The predicted molar refractivity (Wildman–Crippen MR) is 67.1 cm³/mol. The van der Waals surface area contributed by atoms with Gasteiger partial charge in [0.15, 0.2) is 9.84 Å². The van der Waals surface area contributed by atoms with Crippen molar-refractivity contribution < 1.29 is 18.3 Å². The summed E-state index contributed by atoms with van der Waals surface area (Å²) in [5.41, 5.74) is 1.03. The van der Waals surface area contributed by atoms with Gasteiger partial charge in [0, 0.05) is 12.4 Å². The molecule has 0 bridgehead atoms. The van der Waals surface area contributed by atoms with E-state index in [2.05, 4.69) is 0 Å². The number of rotatable bonds is 7. The summed E-state index contributed by atoms with van der Waals surface area (Å²) < 4.78 is 27.8. The Kier molecular flexibility index (Phi) is 5.44. The number of aliphatic hydroxyl groups is 1. The molecular weight excluding hydrogens is 240 g/mol. The van der Waals surface area contributed by atoms with E-state index in [9.17, 15) is 8.42 Å². The second kappa shape index (κ2) is 6.61. The molecule has 1 N–H and O–H groups in total. The van der Waals surface area contributed by atoms with Crippen LogP contribution in [0.4, 0.5) is 0 Å². The lowest BCUT2D eigenvalue weighted by Crippen LogP contribution is -2.15. The molecule has 0 amide bonds. The molecule has 0 unspecified atom stereocenters. The van der Waals surface area contributed by atoms with E-state index in [1.54, 1.807) is 19.1 Å². The van der Waals surface area contributed by atoms with E-state index in [1.807, 2.05) is 12.1 Å². The van der Waals surface area contributed by atoms with Gasteiger partial charge in [-0.3, -0.25) is 0 Å². The third kappa shape index (κ3) is 5.19. The van der Waals surface area contributed by atoms with E-state index in [-0.39, 0.29) is 24.7 Å². The largest absolute Gasteiger partial charge is 0.493 e. The molecule has 0 saturated heterocycles. The minimum atomic E-state index is -2.96. The Morgan fingerprint density at radius 2 is 1.88 bits per heavy atom. The van der Waals surface area contributed by atoms with Crippen LogP contribution in [0.1, 0.15) is 12.5 Å². The first-order valence-corrected chi connectivity index (χ1v) is 7.42. The topological polar surface area (TPSA) is 63.6 Å². The smallest absolute Gasteiger partial charge is 0.153 e. The van der Waals surface area contributed by atoms with Crippen molar-refractivity contribution in [3.63, 3.8) is 0 Å². The third-order valence-corrected chi connectivity index (χ3v) is 4.10. The van der Waals surface area contributed by atoms with E-state index < -0.39 is 9.84 Å². The SMILES string of the molecule is CCS(=O)(=O)CCOc1ccc(CCO)cc1. The molecule has 0 atom stereocenters. The van der Waals surface area contributed by atoms with Crippen LogP contribution in [0.2, 0.25) is 0 Å². The number of ether oxygens (including phenoxy) is 1. The fourth-order valence-electron chi connectivity index (χ4n) is 1.31. The van der Waals surface area contributed by atoms with Gasteiger partial charge in [0.25, 0.3) is 0 Å². The van der Waals surface area contributed by atoms with Gasteiger partial charge < -0.3 is 9.84 Å². The maximum absolute atomic E-state index is 11.2. The van der Waals surface area contributed by atoms with Gasteiger partial charge in [-0.1, -0.05) is 19.1 Å². The van der Waals surface area contributed by atoms with Crippen molar-refractivity contribution in [2.75, 3.05) is 24.7 Å². The molecule has 1 aromatic rings. The molecule has 0 saturated carbocycles. The maximum Gasteiger partial charge on any atom is 0.153 e. The summed E-state index contributed by atoms with van der Waals surface area (Å²) in [7, 11) is -2.96. The van der Waals surface area contributed by atoms with Gasteiger partial charge in [-0.15, -0.1) is 0 Å². The highest BCUT2D eigenvalue weighted by Gasteiger charge is 2.07. The van der Waals surface area contributed by atoms with Gasteiger partial charge in [0.2, 0.25) is 0 Å². The van der Waals surface area contributed by atoms with Crippen LogP contribution >= 0.6 is 0 Å². The molecule has 0 aliphatic carbocycles. The first-order valence-electron chi connectivity index (χ1n) is 5.60. The van der Waals surface area contributed by atoms with Crippen LogP contribution in [0.3, 0.4) is 0 Å². The molecule has 0 aromatic heterocycles. The van der Waals surface area contributed by atoms with Gasteiger partial charge in [-0.05, 0) is 24.1 Å². The first kappa shape index (κ1) is 14.0. The highest BCUT2D eigenvalue weighted by Crippen LogP contribution is 2.12. The summed E-state index contributed by atoms with van der Waals surface area (Å²) in [6.07, 6.45) is 0.616. The normalized spacial score (nSPS) is 11.4. The molecule has 4 nitrogen and oxygen atoms in total. The molecule has 0 heterocycles. The van der Waals surface area contributed by atoms with Gasteiger partial charge in [-0.25, -0.2) is 8.42 Å². The summed E-state index contributed by atoms with van der Waals surface area (Å²) >= 11 is 0. The molecule has 96 valence electrons. The molecule has 0 aliphatic rings. The highest BCUT2D eigenvalue weighted by molar-refractivity contribution is 7.91. The minimum absolute atomic E-state index is 0.0435. The van der Waals surface area contributed by atoms with Crippen LogP contribution in [0, 0.1) is 0 Å². The third-order valence-electron chi connectivity index (χ3n) is 2.43. The average Bonchev–Trinajstić information content (AvgIpc) is 2.32. The second-order valence-corrected chi connectivity index (χ2v) is 6.18. The van der Waals surface area contributed by atoms with E-state index in [4.69, 9.17) is 9.84 Å². The minimum Gasteiger partial charge on any atom is -0.493 e. The molecule has 1 rings (SSSR count). The molecule has 5 heteroatoms. The molecular formula is C12H18O4S. The number of hydrogen-bond donors (Lipinski definition) is 1. The van der Waals surface area contributed by atoms with Crippen molar-refractivity contribution >= 4 is 9.84 Å².